The van der Waals surface area contributed by atoms with Crippen LogP contribution in [0.25, 0.3) is 0 Å². The van der Waals surface area contributed by atoms with E-state index in [9.17, 15) is 14.9 Å². The molecule has 1 aromatic carbocycles. The topological polar surface area (TPSA) is 114 Å². The number of benzene rings is 1. The fourth-order valence-electron chi connectivity index (χ4n) is 3.19. The summed E-state index contributed by atoms with van der Waals surface area (Å²) < 4.78 is 0. The molecule has 0 atom stereocenters. The number of pyridine rings is 1. The van der Waals surface area contributed by atoms with Crippen molar-refractivity contribution in [3.05, 3.63) is 57.8 Å². The first-order valence-electron chi connectivity index (χ1n) is 8.46. The van der Waals surface area contributed by atoms with Crippen molar-refractivity contribution in [2.75, 3.05) is 23.3 Å². The van der Waals surface area contributed by atoms with Crippen LogP contribution in [0.3, 0.4) is 0 Å². The normalized spacial score (nSPS) is 14.9. The van der Waals surface area contributed by atoms with Crippen LogP contribution in [0.5, 0.6) is 0 Å². The molecule has 0 radical (unpaired) electrons. The van der Waals surface area contributed by atoms with Crippen molar-refractivity contribution in [2.45, 2.75) is 25.8 Å². The highest BCUT2D eigenvalue weighted by atomic mass is 16.6. The number of nitrogens with zero attached hydrogens (tertiary/aromatic N) is 3. The van der Waals surface area contributed by atoms with Crippen molar-refractivity contribution in [3.63, 3.8) is 0 Å². The number of nitro groups is 1. The van der Waals surface area contributed by atoms with Gasteiger partial charge >= 0.3 is 0 Å². The lowest BCUT2D eigenvalue weighted by Gasteiger charge is -2.34. The average molecular weight is 355 g/mol. The van der Waals surface area contributed by atoms with Gasteiger partial charge in [-0.05, 0) is 37.5 Å². The Morgan fingerprint density at radius 1 is 1.35 bits per heavy atom. The number of rotatable bonds is 5. The number of hydrogen-bond acceptors (Lipinski definition) is 6. The number of carbonyl (C=O) groups excluding carboxylic acids is 1. The van der Waals surface area contributed by atoms with Crippen molar-refractivity contribution >= 4 is 23.1 Å². The Morgan fingerprint density at radius 3 is 2.69 bits per heavy atom. The molecular formula is C18H21N5O3. The molecule has 1 aliphatic rings. The highest BCUT2D eigenvalue weighted by molar-refractivity contribution is 5.98. The van der Waals surface area contributed by atoms with E-state index in [1.54, 1.807) is 0 Å². The molecule has 2 aromatic rings. The van der Waals surface area contributed by atoms with E-state index in [0.29, 0.717) is 24.9 Å². The van der Waals surface area contributed by atoms with Crippen molar-refractivity contribution in [3.8, 4) is 0 Å². The molecule has 3 rings (SSSR count). The SMILES string of the molecule is Cc1cccc(NC2CCN(c3ncc([N+](=O)[O-])cc3C(N)=O)CC2)c1. The number of amides is 1. The fraction of sp³-hybridized carbons (Fsp3) is 0.333. The Kier molecular flexibility index (Phi) is 5.01. The molecule has 3 N–H and O–H groups in total. The molecule has 1 aliphatic heterocycles. The van der Waals surface area contributed by atoms with Gasteiger partial charge in [-0.1, -0.05) is 12.1 Å². The Bertz CT molecular complexity index is 831. The lowest BCUT2D eigenvalue weighted by Crippen LogP contribution is -2.40. The maximum atomic E-state index is 11.7. The first kappa shape index (κ1) is 17.7. The zero-order valence-corrected chi connectivity index (χ0v) is 14.5. The standard InChI is InChI=1S/C18H21N5O3/c1-12-3-2-4-14(9-12)21-13-5-7-22(8-6-13)18-16(17(19)24)10-15(11-20-18)23(25)26/h2-4,9-11,13,21H,5-8H2,1H3,(H2,19,24). The van der Waals surface area contributed by atoms with Crippen LogP contribution in [0.15, 0.2) is 36.5 Å². The lowest BCUT2D eigenvalue weighted by atomic mass is 10.0. The zero-order valence-electron chi connectivity index (χ0n) is 14.5. The van der Waals surface area contributed by atoms with Gasteiger partial charge in [0.25, 0.3) is 11.6 Å². The number of carbonyl (C=O) groups is 1. The monoisotopic (exact) mass is 355 g/mol. The summed E-state index contributed by atoms with van der Waals surface area (Å²) >= 11 is 0. The van der Waals surface area contributed by atoms with Crippen molar-refractivity contribution in [1.82, 2.24) is 4.98 Å². The maximum absolute atomic E-state index is 11.7. The lowest BCUT2D eigenvalue weighted by molar-refractivity contribution is -0.385. The van der Waals surface area contributed by atoms with Crippen LogP contribution in [0.4, 0.5) is 17.2 Å². The minimum Gasteiger partial charge on any atom is -0.382 e. The van der Waals surface area contributed by atoms with E-state index in [2.05, 4.69) is 29.4 Å². The minimum absolute atomic E-state index is 0.0873. The molecule has 2 heterocycles. The smallest absolute Gasteiger partial charge is 0.288 e. The van der Waals surface area contributed by atoms with Crippen LogP contribution < -0.4 is 16.0 Å². The summed E-state index contributed by atoms with van der Waals surface area (Å²) in [7, 11) is 0. The second-order valence-electron chi connectivity index (χ2n) is 6.46. The van der Waals surface area contributed by atoms with Gasteiger partial charge in [-0.15, -0.1) is 0 Å². The third-order valence-electron chi connectivity index (χ3n) is 4.51. The van der Waals surface area contributed by atoms with Gasteiger partial charge < -0.3 is 16.0 Å². The molecule has 1 aromatic heterocycles. The molecule has 8 heteroatoms. The Balaban J connectivity index is 1.69. The van der Waals surface area contributed by atoms with Crippen LogP contribution in [0.2, 0.25) is 0 Å². The molecule has 136 valence electrons. The van der Waals surface area contributed by atoms with Crippen LogP contribution >= 0.6 is 0 Å². The molecule has 0 spiro atoms. The quantitative estimate of drug-likeness (QED) is 0.629. The largest absolute Gasteiger partial charge is 0.382 e. The predicted octanol–water partition coefficient (Wildman–Crippen LogP) is 2.48. The van der Waals surface area contributed by atoms with Gasteiger partial charge in [0.1, 0.15) is 12.0 Å². The summed E-state index contributed by atoms with van der Waals surface area (Å²) in [5, 5.41) is 14.4. The Labute approximate surface area is 151 Å². The molecule has 26 heavy (non-hydrogen) atoms. The highest BCUT2D eigenvalue weighted by Crippen LogP contribution is 2.26. The number of nitrogens with one attached hydrogen (secondary N) is 1. The van der Waals surface area contributed by atoms with Gasteiger partial charge in [0.05, 0.1) is 10.5 Å². The van der Waals surface area contributed by atoms with Crippen LogP contribution in [-0.2, 0) is 0 Å². The van der Waals surface area contributed by atoms with Crippen LogP contribution in [0.1, 0.15) is 28.8 Å². The number of primary amides is 1. The summed E-state index contributed by atoms with van der Waals surface area (Å²) in [6.07, 6.45) is 2.90. The Hall–Kier alpha value is -3.16. The number of nitrogens with two attached hydrogens (primary N) is 1. The number of piperidine rings is 1. The van der Waals surface area contributed by atoms with E-state index in [0.717, 1.165) is 18.5 Å². The molecule has 1 saturated heterocycles. The zero-order chi connectivity index (χ0) is 18.7. The first-order valence-corrected chi connectivity index (χ1v) is 8.46. The van der Waals surface area contributed by atoms with E-state index in [1.807, 2.05) is 17.0 Å². The van der Waals surface area contributed by atoms with E-state index in [1.165, 1.54) is 17.8 Å². The summed E-state index contributed by atoms with van der Waals surface area (Å²) in [5.41, 5.74) is 7.54. The van der Waals surface area contributed by atoms with E-state index in [-0.39, 0.29) is 11.3 Å². The molecule has 1 amide bonds. The van der Waals surface area contributed by atoms with E-state index < -0.39 is 10.8 Å². The summed E-state index contributed by atoms with van der Waals surface area (Å²) in [5.74, 6) is -0.298. The second-order valence-corrected chi connectivity index (χ2v) is 6.46. The van der Waals surface area contributed by atoms with Crippen molar-refractivity contribution in [1.29, 1.82) is 0 Å². The second kappa shape index (κ2) is 7.38. The highest BCUT2D eigenvalue weighted by Gasteiger charge is 2.25. The van der Waals surface area contributed by atoms with Gasteiger partial charge in [0, 0.05) is 30.9 Å². The minimum atomic E-state index is -0.712. The molecule has 0 bridgehead atoms. The average Bonchev–Trinajstić information content (AvgIpc) is 2.62. The van der Waals surface area contributed by atoms with Crippen molar-refractivity contribution in [2.24, 2.45) is 5.73 Å². The van der Waals surface area contributed by atoms with Gasteiger partial charge in [0.2, 0.25) is 0 Å². The van der Waals surface area contributed by atoms with Crippen LogP contribution in [-0.4, -0.2) is 34.9 Å². The Morgan fingerprint density at radius 2 is 2.08 bits per heavy atom. The predicted molar refractivity (Wildman–Crippen MR) is 99.4 cm³/mol. The number of hydrogen-bond donors (Lipinski definition) is 2. The van der Waals surface area contributed by atoms with Gasteiger partial charge in [-0.3, -0.25) is 14.9 Å². The summed E-state index contributed by atoms with van der Waals surface area (Å²) in [6, 6.07) is 9.74. The number of anilines is 2. The molecular weight excluding hydrogens is 334 g/mol. The molecule has 0 saturated carbocycles. The fourth-order valence-corrected chi connectivity index (χ4v) is 3.19. The van der Waals surface area contributed by atoms with E-state index in [4.69, 9.17) is 5.73 Å². The van der Waals surface area contributed by atoms with Gasteiger partial charge in [-0.2, -0.15) is 0 Å². The third kappa shape index (κ3) is 3.90. The maximum Gasteiger partial charge on any atom is 0.288 e. The molecule has 0 unspecified atom stereocenters. The number of aromatic nitrogens is 1. The van der Waals surface area contributed by atoms with Gasteiger partial charge in [0.15, 0.2) is 0 Å². The molecule has 0 aliphatic carbocycles. The van der Waals surface area contributed by atoms with Crippen molar-refractivity contribution < 1.29 is 9.72 Å². The number of aryl methyl sites for hydroxylation is 1. The summed E-state index contributed by atoms with van der Waals surface area (Å²) in [4.78, 5) is 28.1. The van der Waals surface area contributed by atoms with Gasteiger partial charge in [-0.25, -0.2) is 4.98 Å². The first-order chi connectivity index (χ1) is 12.4. The third-order valence-corrected chi connectivity index (χ3v) is 4.51. The molecule has 1 fully saturated rings. The van der Waals surface area contributed by atoms with E-state index >= 15 is 0 Å². The summed E-state index contributed by atoms with van der Waals surface area (Å²) in [6.45, 7) is 3.43. The van der Waals surface area contributed by atoms with Crippen LogP contribution in [0, 0.1) is 17.0 Å². The molecule has 8 nitrogen and oxygen atoms in total.